The van der Waals surface area contributed by atoms with Gasteiger partial charge in [0.2, 0.25) is 0 Å². The summed E-state index contributed by atoms with van der Waals surface area (Å²) in [5, 5.41) is 0. The van der Waals surface area contributed by atoms with E-state index in [1.54, 1.807) is 0 Å². The summed E-state index contributed by atoms with van der Waals surface area (Å²) in [5.41, 5.74) is 0. The summed E-state index contributed by atoms with van der Waals surface area (Å²) in [6.07, 6.45) is 9.77. The molecule has 0 heterocycles. The van der Waals surface area contributed by atoms with Crippen molar-refractivity contribution < 1.29 is 0 Å². The Hall–Kier alpha value is -0.300. The van der Waals surface area contributed by atoms with Gasteiger partial charge in [0, 0.05) is 0 Å². The molecule has 13 heavy (non-hydrogen) atoms. The summed E-state index contributed by atoms with van der Waals surface area (Å²) >= 11 is 0. The van der Waals surface area contributed by atoms with Crippen LogP contribution < -0.4 is 0 Å². The van der Waals surface area contributed by atoms with Gasteiger partial charge in [-0.3, -0.25) is 0 Å². The molecule has 0 fully saturated rings. The van der Waals surface area contributed by atoms with Crippen molar-refractivity contribution in [3.63, 3.8) is 0 Å². The van der Waals surface area contributed by atoms with Crippen LogP contribution in [-0.2, 0) is 0 Å². The Balaban J connectivity index is 3.11. The molecule has 78 valence electrons. The molecule has 0 aliphatic heterocycles. The van der Waals surface area contributed by atoms with Gasteiger partial charge in [0.15, 0.2) is 0 Å². The predicted octanol–water partition coefficient (Wildman–Crippen LogP) is 3.32. The molecule has 0 N–H and O–H groups in total. The zero-order valence-electron chi connectivity index (χ0n) is 9.71. The van der Waals surface area contributed by atoms with E-state index in [4.69, 9.17) is 0 Å². The lowest BCUT2D eigenvalue weighted by atomic mass is 10.1. The lowest BCUT2D eigenvalue weighted by Gasteiger charge is -2.07. The maximum atomic E-state index is 2.33. The molecule has 0 unspecified atom stereocenters. The number of allylic oxidation sites excluding steroid dienone is 2. The van der Waals surface area contributed by atoms with Gasteiger partial charge in [0.05, 0.1) is 0 Å². The highest BCUT2D eigenvalue weighted by Crippen LogP contribution is 2.02. The standard InChI is InChI=1S/C12H25N/c1-12(2)10-8-6-5-7-9-11-13(3)4/h6,8,12H,5,7,9-11H2,1-4H3. The average molecular weight is 183 g/mol. The van der Waals surface area contributed by atoms with Gasteiger partial charge in [-0.1, -0.05) is 26.0 Å². The second-order valence-electron chi connectivity index (χ2n) is 4.40. The average Bonchev–Trinajstić information content (AvgIpc) is 2.01. The van der Waals surface area contributed by atoms with E-state index in [0.717, 1.165) is 5.92 Å². The first-order chi connectivity index (χ1) is 6.13. The third kappa shape index (κ3) is 11.7. The van der Waals surface area contributed by atoms with Crippen molar-refractivity contribution in [1.29, 1.82) is 0 Å². The fourth-order valence-electron chi connectivity index (χ4n) is 1.18. The molecule has 0 aliphatic carbocycles. The third-order valence-electron chi connectivity index (χ3n) is 2.00. The van der Waals surface area contributed by atoms with Crippen LogP contribution in [0, 0.1) is 5.92 Å². The largest absolute Gasteiger partial charge is 0.309 e. The van der Waals surface area contributed by atoms with Crippen LogP contribution in [0.4, 0.5) is 0 Å². The van der Waals surface area contributed by atoms with Crippen molar-refractivity contribution in [1.82, 2.24) is 4.90 Å². The fraction of sp³-hybridized carbons (Fsp3) is 0.833. The van der Waals surface area contributed by atoms with Crippen LogP contribution >= 0.6 is 0 Å². The van der Waals surface area contributed by atoms with Crippen molar-refractivity contribution in [3.8, 4) is 0 Å². The van der Waals surface area contributed by atoms with Crippen molar-refractivity contribution in [2.24, 2.45) is 5.92 Å². The van der Waals surface area contributed by atoms with Crippen molar-refractivity contribution in [2.75, 3.05) is 20.6 Å². The predicted molar refractivity (Wildman–Crippen MR) is 61.0 cm³/mol. The zero-order chi connectivity index (χ0) is 10.1. The topological polar surface area (TPSA) is 3.24 Å². The molecule has 0 amide bonds. The Morgan fingerprint density at radius 1 is 1.08 bits per heavy atom. The maximum Gasteiger partial charge on any atom is -0.00247 e. The second-order valence-corrected chi connectivity index (χ2v) is 4.40. The number of hydrogen-bond donors (Lipinski definition) is 0. The smallest absolute Gasteiger partial charge is 0.00247 e. The number of hydrogen-bond acceptors (Lipinski definition) is 1. The Morgan fingerprint density at radius 3 is 2.31 bits per heavy atom. The second kappa shape index (κ2) is 8.31. The summed E-state index contributed by atoms with van der Waals surface area (Å²) in [6, 6.07) is 0. The van der Waals surface area contributed by atoms with Crippen LogP contribution in [0.5, 0.6) is 0 Å². The van der Waals surface area contributed by atoms with Crippen molar-refractivity contribution >= 4 is 0 Å². The molecule has 0 bridgehead atoms. The van der Waals surface area contributed by atoms with Gasteiger partial charge in [-0.15, -0.1) is 0 Å². The minimum absolute atomic E-state index is 0.804. The molecule has 0 saturated heterocycles. The van der Waals surface area contributed by atoms with E-state index >= 15 is 0 Å². The van der Waals surface area contributed by atoms with Gasteiger partial charge in [0.1, 0.15) is 0 Å². The first kappa shape index (κ1) is 12.7. The molecule has 0 aromatic carbocycles. The molecule has 0 aliphatic rings. The molecular weight excluding hydrogens is 158 g/mol. The third-order valence-corrected chi connectivity index (χ3v) is 2.00. The van der Waals surface area contributed by atoms with Gasteiger partial charge >= 0.3 is 0 Å². The van der Waals surface area contributed by atoms with E-state index in [0.29, 0.717) is 0 Å². The molecule has 0 aromatic heterocycles. The van der Waals surface area contributed by atoms with E-state index in [1.807, 2.05) is 0 Å². The van der Waals surface area contributed by atoms with Crippen LogP contribution in [-0.4, -0.2) is 25.5 Å². The number of nitrogens with zero attached hydrogens (tertiary/aromatic N) is 1. The Morgan fingerprint density at radius 2 is 1.77 bits per heavy atom. The van der Waals surface area contributed by atoms with Crippen LogP contribution in [0.25, 0.3) is 0 Å². The highest BCUT2D eigenvalue weighted by atomic mass is 15.0. The normalized spacial score (nSPS) is 12.2. The molecule has 1 nitrogen and oxygen atoms in total. The Bertz CT molecular complexity index is 125. The number of unbranched alkanes of at least 4 members (excludes halogenated alkanes) is 2. The summed E-state index contributed by atoms with van der Waals surface area (Å²) in [5.74, 6) is 0.804. The SMILES string of the molecule is CC(C)CC=CCCCCN(C)C. The zero-order valence-corrected chi connectivity index (χ0v) is 9.71. The van der Waals surface area contributed by atoms with Gasteiger partial charge in [-0.05, 0) is 52.2 Å². The molecule has 0 atom stereocenters. The molecule has 0 radical (unpaired) electrons. The highest BCUT2D eigenvalue weighted by Gasteiger charge is 1.89. The van der Waals surface area contributed by atoms with Crippen LogP contribution in [0.2, 0.25) is 0 Å². The van der Waals surface area contributed by atoms with E-state index in [2.05, 4.69) is 45.0 Å². The molecular formula is C12H25N. The van der Waals surface area contributed by atoms with Crippen LogP contribution in [0.3, 0.4) is 0 Å². The summed E-state index contributed by atoms with van der Waals surface area (Å²) < 4.78 is 0. The summed E-state index contributed by atoms with van der Waals surface area (Å²) in [7, 11) is 4.27. The monoisotopic (exact) mass is 183 g/mol. The lowest BCUT2D eigenvalue weighted by Crippen LogP contribution is -2.12. The van der Waals surface area contributed by atoms with Crippen LogP contribution in [0.15, 0.2) is 12.2 Å². The maximum absolute atomic E-state index is 2.33. The van der Waals surface area contributed by atoms with Gasteiger partial charge in [-0.2, -0.15) is 0 Å². The van der Waals surface area contributed by atoms with E-state index in [-0.39, 0.29) is 0 Å². The van der Waals surface area contributed by atoms with Crippen molar-refractivity contribution in [2.45, 2.75) is 39.5 Å². The van der Waals surface area contributed by atoms with Gasteiger partial charge in [-0.25, -0.2) is 0 Å². The van der Waals surface area contributed by atoms with Crippen LogP contribution in [0.1, 0.15) is 39.5 Å². The molecule has 0 saturated carbocycles. The molecule has 0 aromatic rings. The summed E-state index contributed by atoms with van der Waals surface area (Å²) in [6.45, 7) is 5.74. The van der Waals surface area contributed by atoms with E-state index in [9.17, 15) is 0 Å². The first-order valence-corrected chi connectivity index (χ1v) is 5.42. The fourth-order valence-corrected chi connectivity index (χ4v) is 1.18. The summed E-state index contributed by atoms with van der Waals surface area (Å²) in [4.78, 5) is 2.25. The van der Waals surface area contributed by atoms with Gasteiger partial charge < -0.3 is 4.90 Å². The van der Waals surface area contributed by atoms with Crippen molar-refractivity contribution in [3.05, 3.63) is 12.2 Å². The molecule has 1 heteroatoms. The Labute approximate surface area is 83.8 Å². The highest BCUT2D eigenvalue weighted by molar-refractivity contribution is 4.82. The minimum Gasteiger partial charge on any atom is -0.309 e. The Kier molecular flexibility index (Phi) is 8.11. The minimum atomic E-state index is 0.804. The number of rotatable bonds is 7. The first-order valence-electron chi connectivity index (χ1n) is 5.42. The van der Waals surface area contributed by atoms with Gasteiger partial charge in [0.25, 0.3) is 0 Å². The molecule has 0 rings (SSSR count). The molecule has 0 spiro atoms. The van der Waals surface area contributed by atoms with E-state index in [1.165, 1.54) is 32.2 Å². The quantitative estimate of drug-likeness (QED) is 0.432. The van der Waals surface area contributed by atoms with E-state index < -0.39 is 0 Å². The lowest BCUT2D eigenvalue weighted by molar-refractivity contribution is 0.395.